The third-order valence-corrected chi connectivity index (χ3v) is 2.07. The molecular formula is C9H14ClNO. The van der Waals surface area contributed by atoms with Crippen molar-refractivity contribution in [1.82, 2.24) is 5.32 Å². The summed E-state index contributed by atoms with van der Waals surface area (Å²) in [6, 6.07) is 3.98. The Kier molecular flexibility index (Phi) is 3.63. The molecule has 3 heteroatoms. The third-order valence-electron chi connectivity index (χ3n) is 1.86. The lowest BCUT2D eigenvalue weighted by Gasteiger charge is -2.11. The van der Waals surface area contributed by atoms with Gasteiger partial charge in [0.2, 0.25) is 0 Å². The lowest BCUT2D eigenvalue weighted by Crippen LogP contribution is -2.15. The molecule has 0 fully saturated rings. The van der Waals surface area contributed by atoms with Gasteiger partial charge in [-0.25, -0.2) is 0 Å². The van der Waals surface area contributed by atoms with Crippen LogP contribution in [0.5, 0.6) is 0 Å². The van der Waals surface area contributed by atoms with Gasteiger partial charge in [0, 0.05) is 0 Å². The van der Waals surface area contributed by atoms with Crippen LogP contribution in [-0.4, -0.2) is 7.05 Å². The van der Waals surface area contributed by atoms with Gasteiger partial charge in [-0.2, -0.15) is 0 Å². The zero-order valence-corrected chi connectivity index (χ0v) is 8.19. The number of hydrogen-bond donors (Lipinski definition) is 1. The molecule has 0 aliphatic carbocycles. The predicted molar refractivity (Wildman–Crippen MR) is 50.4 cm³/mol. The number of furan rings is 1. The number of nitrogens with one attached hydrogen (secondary N) is 1. The van der Waals surface area contributed by atoms with E-state index in [1.807, 2.05) is 13.1 Å². The van der Waals surface area contributed by atoms with Crippen LogP contribution in [0.1, 0.15) is 31.6 Å². The van der Waals surface area contributed by atoms with Gasteiger partial charge in [-0.05, 0) is 37.2 Å². The van der Waals surface area contributed by atoms with Gasteiger partial charge in [-0.15, -0.1) is 0 Å². The Bertz CT molecular complexity index is 234. The van der Waals surface area contributed by atoms with E-state index in [0.29, 0.717) is 11.3 Å². The molecule has 68 valence electrons. The van der Waals surface area contributed by atoms with Crippen molar-refractivity contribution in [3.05, 3.63) is 23.1 Å². The van der Waals surface area contributed by atoms with Crippen molar-refractivity contribution in [2.45, 2.75) is 25.8 Å². The van der Waals surface area contributed by atoms with Gasteiger partial charge >= 0.3 is 0 Å². The Morgan fingerprint density at radius 2 is 2.33 bits per heavy atom. The Balaban J connectivity index is 2.66. The smallest absolute Gasteiger partial charge is 0.193 e. The molecule has 0 spiro atoms. The fraction of sp³-hybridized carbons (Fsp3) is 0.556. The van der Waals surface area contributed by atoms with Gasteiger partial charge in [0.05, 0.1) is 6.04 Å². The Morgan fingerprint density at radius 1 is 1.58 bits per heavy atom. The van der Waals surface area contributed by atoms with E-state index in [1.54, 1.807) is 6.07 Å². The molecule has 12 heavy (non-hydrogen) atoms. The van der Waals surface area contributed by atoms with Crippen molar-refractivity contribution in [2.75, 3.05) is 7.05 Å². The SMILES string of the molecule is CCCC(NC)c1ccc(Cl)o1. The fourth-order valence-corrected chi connectivity index (χ4v) is 1.39. The van der Waals surface area contributed by atoms with Gasteiger partial charge in [-0.3, -0.25) is 0 Å². The molecule has 0 aliphatic rings. The highest BCUT2D eigenvalue weighted by molar-refractivity contribution is 6.28. The summed E-state index contributed by atoms with van der Waals surface area (Å²) in [7, 11) is 1.93. The van der Waals surface area contributed by atoms with E-state index in [4.69, 9.17) is 16.0 Å². The maximum absolute atomic E-state index is 5.67. The van der Waals surface area contributed by atoms with E-state index in [2.05, 4.69) is 12.2 Å². The maximum atomic E-state index is 5.67. The molecule has 0 aromatic carbocycles. The van der Waals surface area contributed by atoms with Crippen LogP contribution in [0.15, 0.2) is 16.5 Å². The molecule has 0 amide bonds. The first-order valence-electron chi connectivity index (χ1n) is 4.20. The Labute approximate surface area is 77.9 Å². The summed E-state index contributed by atoms with van der Waals surface area (Å²) in [5.74, 6) is 0.921. The molecule has 2 nitrogen and oxygen atoms in total. The number of halogens is 1. The number of hydrogen-bond acceptors (Lipinski definition) is 2. The van der Waals surface area contributed by atoms with E-state index in [-0.39, 0.29) is 0 Å². The summed E-state index contributed by atoms with van der Waals surface area (Å²) < 4.78 is 5.29. The van der Waals surface area contributed by atoms with Crippen LogP contribution in [0, 0.1) is 0 Å². The summed E-state index contributed by atoms with van der Waals surface area (Å²) in [6.45, 7) is 2.15. The quantitative estimate of drug-likeness (QED) is 0.784. The molecule has 1 atom stereocenters. The van der Waals surface area contributed by atoms with Crippen molar-refractivity contribution >= 4 is 11.6 Å². The van der Waals surface area contributed by atoms with E-state index in [1.165, 1.54) is 0 Å². The van der Waals surface area contributed by atoms with E-state index in [0.717, 1.165) is 18.6 Å². The van der Waals surface area contributed by atoms with Gasteiger partial charge in [0.1, 0.15) is 5.76 Å². The summed E-state index contributed by atoms with van der Waals surface area (Å²) in [6.07, 6.45) is 2.20. The lowest BCUT2D eigenvalue weighted by molar-refractivity contribution is 0.413. The van der Waals surface area contributed by atoms with E-state index < -0.39 is 0 Å². The predicted octanol–water partition coefficient (Wildman–Crippen LogP) is 2.99. The summed E-state index contributed by atoms with van der Waals surface area (Å²) in [5, 5.41) is 3.64. The van der Waals surface area contributed by atoms with Crippen LogP contribution in [-0.2, 0) is 0 Å². The Hall–Kier alpha value is -0.470. The third kappa shape index (κ3) is 2.26. The van der Waals surface area contributed by atoms with Crippen LogP contribution in [0.3, 0.4) is 0 Å². The first-order chi connectivity index (χ1) is 5.77. The molecule has 0 bridgehead atoms. The summed E-state index contributed by atoms with van der Waals surface area (Å²) in [4.78, 5) is 0. The highest BCUT2D eigenvalue weighted by Crippen LogP contribution is 2.22. The zero-order valence-electron chi connectivity index (χ0n) is 7.43. The molecule has 1 N–H and O–H groups in total. The molecule has 0 saturated carbocycles. The molecule has 0 saturated heterocycles. The molecule has 0 aliphatic heterocycles. The first-order valence-corrected chi connectivity index (χ1v) is 4.58. The van der Waals surface area contributed by atoms with Crippen molar-refractivity contribution in [3.63, 3.8) is 0 Å². The van der Waals surface area contributed by atoms with Crippen LogP contribution >= 0.6 is 11.6 Å². The van der Waals surface area contributed by atoms with Crippen molar-refractivity contribution in [3.8, 4) is 0 Å². The van der Waals surface area contributed by atoms with Gasteiger partial charge < -0.3 is 9.73 Å². The van der Waals surface area contributed by atoms with Gasteiger partial charge in [0.25, 0.3) is 0 Å². The highest BCUT2D eigenvalue weighted by atomic mass is 35.5. The number of rotatable bonds is 4. The second-order valence-corrected chi connectivity index (χ2v) is 3.14. The Morgan fingerprint density at radius 3 is 2.75 bits per heavy atom. The minimum atomic E-state index is 0.294. The minimum absolute atomic E-state index is 0.294. The van der Waals surface area contributed by atoms with Crippen LogP contribution in [0.25, 0.3) is 0 Å². The van der Waals surface area contributed by atoms with Crippen LogP contribution < -0.4 is 5.32 Å². The summed E-state index contributed by atoms with van der Waals surface area (Å²) in [5.41, 5.74) is 0. The van der Waals surface area contributed by atoms with Crippen molar-refractivity contribution in [1.29, 1.82) is 0 Å². The molecule has 1 rings (SSSR count). The highest BCUT2D eigenvalue weighted by Gasteiger charge is 2.11. The standard InChI is InChI=1S/C9H14ClNO/c1-3-4-7(11-2)8-5-6-9(10)12-8/h5-7,11H,3-4H2,1-2H3. The minimum Gasteiger partial charge on any atom is -0.448 e. The average Bonchev–Trinajstić information content (AvgIpc) is 2.47. The monoisotopic (exact) mass is 187 g/mol. The zero-order chi connectivity index (χ0) is 8.97. The van der Waals surface area contributed by atoms with E-state index in [9.17, 15) is 0 Å². The van der Waals surface area contributed by atoms with E-state index >= 15 is 0 Å². The van der Waals surface area contributed by atoms with Gasteiger partial charge in [0.15, 0.2) is 5.22 Å². The molecule has 1 unspecified atom stereocenters. The molecule has 1 aromatic heterocycles. The fourth-order valence-electron chi connectivity index (χ4n) is 1.23. The maximum Gasteiger partial charge on any atom is 0.193 e. The largest absolute Gasteiger partial charge is 0.448 e. The molecule has 1 aromatic rings. The topological polar surface area (TPSA) is 25.2 Å². The lowest BCUT2D eigenvalue weighted by atomic mass is 10.1. The summed E-state index contributed by atoms with van der Waals surface area (Å²) >= 11 is 5.67. The second kappa shape index (κ2) is 4.53. The molecular weight excluding hydrogens is 174 g/mol. The van der Waals surface area contributed by atoms with Crippen molar-refractivity contribution in [2.24, 2.45) is 0 Å². The van der Waals surface area contributed by atoms with Crippen LogP contribution in [0.2, 0.25) is 5.22 Å². The van der Waals surface area contributed by atoms with Gasteiger partial charge in [-0.1, -0.05) is 13.3 Å². The molecule has 1 heterocycles. The van der Waals surface area contributed by atoms with Crippen LogP contribution in [0.4, 0.5) is 0 Å². The molecule has 0 radical (unpaired) electrons. The normalized spacial score (nSPS) is 13.2. The second-order valence-electron chi connectivity index (χ2n) is 2.77. The van der Waals surface area contributed by atoms with Crippen molar-refractivity contribution < 1.29 is 4.42 Å². The average molecular weight is 188 g/mol. The first kappa shape index (κ1) is 9.62.